The Balaban J connectivity index is 2.28. The van der Waals surface area contributed by atoms with Crippen LogP contribution in [0.4, 0.5) is 11.4 Å². The van der Waals surface area contributed by atoms with E-state index >= 15 is 0 Å². The van der Waals surface area contributed by atoms with Gasteiger partial charge in [-0.05, 0) is 48.5 Å². The van der Waals surface area contributed by atoms with Gasteiger partial charge in [-0.3, -0.25) is 9.11 Å². The average molecular weight is 737 g/mol. The maximum atomic E-state index is 13.1. The number of nitrogens with one attached hydrogen (secondary N) is 2. The minimum Gasteiger partial charge on any atom is -0.394 e. The minimum absolute atomic E-state index is 0.219. The Morgan fingerprint density at radius 2 is 0.745 bits per heavy atom. The average Bonchev–Trinajstić information content (AvgIpc) is 3.02. The van der Waals surface area contributed by atoms with Gasteiger partial charge in [0.15, 0.2) is 10.7 Å². The summed E-state index contributed by atoms with van der Waals surface area (Å²) in [7, 11) is -14.8. The zero-order valence-electron chi connectivity index (χ0n) is 23.8. The van der Waals surface area contributed by atoms with Crippen LogP contribution in [0.2, 0.25) is 0 Å². The Morgan fingerprint density at radius 1 is 0.468 bits per heavy atom. The van der Waals surface area contributed by atoms with E-state index in [2.05, 4.69) is 10.6 Å². The van der Waals surface area contributed by atoms with Crippen molar-refractivity contribution in [3.63, 3.8) is 0 Å². The van der Waals surface area contributed by atoms with Gasteiger partial charge in [0, 0.05) is 11.4 Å². The van der Waals surface area contributed by atoms with E-state index in [9.17, 15) is 75.2 Å². The summed E-state index contributed by atoms with van der Waals surface area (Å²) in [6.45, 7) is -2.13. The molecule has 0 heterocycles. The van der Waals surface area contributed by atoms with E-state index in [1.54, 1.807) is 0 Å². The predicted molar refractivity (Wildman–Crippen MR) is 158 cm³/mol. The molecule has 0 aliphatic heterocycles. The lowest BCUT2D eigenvalue weighted by atomic mass is 10.0. The summed E-state index contributed by atoms with van der Waals surface area (Å²) in [4.78, 5) is -0.778. The zero-order chi connectivity index (χ0) is 36.1. The summed E-state index contributed by atoms with van der Waals surface area (Å²) in [5.74, 6) is 0. The molecular formula is C24H36N2O18S3. The third-order valence-electron chi connectivity index (χ3n) is 6.77. The van der Waals surface area contributed by atoms with Crippen molar-refractivity contribution < 1.29 is 85.4 Å². The van der Waals surface area contributed by atoms with Crippen LogP contribution in [0.1, 0.15) is 0 Å². The van der Waals surface area contributed by atoms with E-state index in [0.29, 0.717) is 0 Å². The van der Waals surface area contributed by atoms with Crippen molar-refractivity contribution in [3.8, 4) is 0 Å². The largest absolute Gasteiger partial charge is 0.394 e. The van der Waals surface area contributed by atoms with Gasteiger partial charge < -0.3 is 61.7 Å². The fraction of sp³-hybridized carbons (Fsp3) is 0.500. The van der Waals surface area contributed by atoms with Gasteiger partial charge in [0.1, 0.15) is 48.8 Å². The van der Waals surface area contributed by atoms with Crippen LogP contribution >= 0.6 is 0 Å². The number of aliphatic hydroxyl groups excluding tert-OH is 10. The Labute approximate surface area is 268 Å². The van der Waals surface area contributed by atoms with Crippen LogP contribution in [0.25, 0.3) is 0 Å². The summed E-state index contributed by atoms with van der Waals surface area (Å²) in [5.41, 5.74) is -0.439. The van der Waals surface area contributed by atoms with Crippen molar-refractivity contribution in [1.82, 2.24) is 0 Å². The van der Waals surface area contributed by atoms with Gasteiger partial charge in [-0.2, -0.15) is 16.8 Å². The first-order valence-electron chi connectivity index (χ1n) is 13.1. The number of benzene rings is 2. The Morgan fingerprint density at radius 3 is 0.979 bits per heavy atom. The van der Waals surface area contributed by atoms with Gasteiger partial charge in [0.2, 0.25) is 9.84 Å². The summed E-state index contributed by atoms with van der Waals surface area (Å²) in [6.07, 6.45) is -18.1. The van der Waals surface area contributed by atoms with Crippen molar-refractivity contribution in [2.75, 3.05) is 23.8 Å². The second kappa shape index (κ2) is 16.2. The molecule has 0 unspecified atom stereocenters. The molecule has 14 N–H and O–H groups in total. The standard InChI is InChI=1S/C24H36N2O18S3/c27-9-15(29)17(31)19(33)21(35)23(46(39,40)41)25-11-1-5-13(6-2-11)45(37,38)14-7-3-12(4-8-14)26-24(47(42,43)44)22(36)20(34)18(32)16(30)10-28/h1-8,15-36H,9-10H2,(H,39,40,41)(H,42,43,44)/t15-,16-,17-,18-,19+,20+,21-,22-,23-,24-/m1/s1. The second-order valence-electron chi connectivity index (χ2n) is 10.2. The molecule has 268 valence electrons. The summed E-state index contributed by atoms with van der Waals surface area (Å²) >= 11 is 0. The van der Waals surface area contributed by atoms with Gasteiger partial charge in [-0.1, -0.05) is 0 Å². The summed E-state index contributed by atoms with van der Waals surface area (Å²) in [5, 5.41) is 96.3. The first-order valence-corrected chi connectivity index (χ1v) is 17.6. The van der Waals surface area contributed by atoms with Crippen molar-refractivity contribution in [2.24, 2.45) is 0 Å². The zero-order valence-corrected chi connectivity index (χ0v) is 26.3. The molecule has 0 amide bonds. The number of aliphatic hydroxyl groups is 10. The molecule has 2 aromatic rings. The van der Waals surface area contributed by atoms with E-state index in [0.717, 1.165) is 48.5 Å². The highest BCUT2D eigenvalue weighted by molar-refractivity contribution is 7.91. The molecule has 2 rings (SSSR count). The van der Waals surface area contributed by atoms with Crippen molar-refractivity contribution in [1.29, 1.82) is 0 Å². The Kier molecular flexibility index (Phi) is 14.0. The predicted octanol–water partition coefficient (Wildman–Crippen LogP) is -5.36. The first-order chi connectivity index (χ1) is 21.6. The molecule has 23 heteroatoms. The topological polar surface area (TPSA) is 369 Å². The smallest absolute Gasteiger partial charge is 0.288 e. The third kappa shape index (κ3) is 10.2. The van der Waals surface area contributed by atoms with Gasteiger partial charge in [-0.25, -0.2) is 8.42 Å². The van der Waals surface area contributed by atoms with Crippen LogP contribution in [-0.4, -0.2) is 158 Å². The van der Waals surface area contributed by atoms with Crippen LogP contribution in [0.15, 0.2) is 58.3 Å². The Bertz CT molecular complexity index is 1510. The lowest BCUT2D eigenvalue weighted by Gasteiger charge is -2.30. The first kappa shape index (κ1) is 40.6. The highest BCUT2D eigenvalue weighted by Gasteiger charge is 2.42. The van der Waals surface area contributed by atoms with E-state index in [4.69, 9.17) is 10.2 Å². The monoisotopic (exact) mass is 736 g/mol. The summed E-state index contributed by atoms with van der Waals surface area (Å²) in [6, 6.07) is 7.89. The molecule has 0 saturated carbocycles. The number of sulfone groups is 1. The molecule has 0 radical (unpaired) electrons. The fourth-order valence-electron chi connectivity index (χ4n) is 4.03. The van der Waals surface area contributed by atoms with E-state index < -0.39 is 103 Å². The van der Waals surface area contributed by atoms with Crippen LogP contribution in [-0.2, 0) is 30.1 Å². The van der Waals surface area contributed by atoms with Gasteiger partial charge in [0.25, 0.3) is 20.2 Å². The number of anilines is 2. The van der Waals surface area contributed by atoms with Gasteiger partial charge in [-0.15, -0.1) is 0 Å². The van der Waals surface area contributed by atoms with Crippen molar-refractivity contribution >= 4 is 41.4 Å². The molecule has 2 aromatic carbocycles. The molecule has 10 atom stereocenters. The highest BCUT2D eigenvalue weighted by atomic mass is 32.2. The molecule has 0 fully saturated rings. The lowest BCUT2D eigenvalue weighted by Crippen LogP contribution is -2.54. The molecular weight excluding hydrogens is 700 g/mol. The van der Waals surface area contributed by atoms with Gasteiger partial charge >= 0.3 is 0 Å². The van der Waals surface area contributed by atoms with Crippen LogP contribution in [0.3, 0.4) is 0 Å². The molecule has 0 aliphatic carbocycles. The van der Waals surface area contributed by atoms with E-state index in [1.165, 1.54) is 0 Å². The summed E-state index contributed by atoms with van der Waals surface area (Å²) < 4.78 is 92.9. The maximum Gasteiger partial charge on any atom is 0.288 e. The number of hydrogen-bond donors (Lipinski definition) is 14. The SMILES string of the molecule is O=S(=O)(c1ccc(N[C@@H]([C@H](O)[C@@H](O)[C@H](O)[C@H](O)CO)S(=O)(=O)O)cc1)c1ccc(N[C@@H]([C@H](O)[C@@H](O)[C@H](O)[C@H](O)CO)S(=O)(=O)O)cc1. The lowest BCUT2D eigenvalue weighted by molar-refractivity contribution is -0.114. The molecule has 20 nitrogen and oxygen atoms in total. The van der Waals surface area contributed by atoms with Crippen LogP contribution < -0.4 is 10.6 Å². The molecule has 0 spiro atoms. The van der Waals surface area contributed by atoms with E-state index in [-0.39, 0.29) is 21.2 Å². The third-order valence-corrected chi connectivity index (χ3v) is 10.6. The molecule has 47 heavy (non-hydrogen) atoms. The quantitative estimate of drug-likeness (QED) is 0.0635. The fourth-order valence-corrected chi connectivity index (χ4v) is 6.89. The van der Waals surface area contributed by atoms with E-state index in [1.807, 2.05) is 0 Å². The van der Waals surface area contributed by atoms with Crippen molar-refractivity contribution in [3.05, 3.63) is 48.5 Å². The van der Waals surface area contributed by atoms with Gasteiger partial charge in [0.05, 0.1) is 23.0 Å². The maximum absolute atomic E-state index is 13.1. The molecule has 0 aliphatic rings. The molecule has 0 bridgehead atoms. The Hall–Kier alpha value is -2.59. The molecule has 0 saturated heterocycles. The number of hydrogen-bond acceptors (Lipinski definition) is 18. The second-order valence-corrected chi connectivity index (χ2v) is 15.2. The molecule has 0 aromatic heterocycles. The van der Waals surface area contributed by atoms with Crippen molar-refractivity contribution in [2.45, 2.75) is 69.4 Å². The number of rotatable bonds is 18. The van der Waals surface area contributed by atoms with Crippen LogP contribution in [0, 0.1) is 0 Å². The van der Waals surface area contributed by atoms with Crippen LogP contribution in [0.5, 0.6) is 0 Å². The normalized spacial score (nSPS) is 19.3. The highest BCUT2D eigenvalue weighted by Crippen LogP contribution is 2.26. The minimum atomic E-state index is -5.21.